The van der Waals surface area contributed by atoms with E-state index in [-0.39, 0.29) is 0 Å². The molecule has 1 saturated carbocycles. The third-order valence-corrected chi connectivity index (χ3v) is 4.21. The van der Waals surface area contributed by atoms with Gasteiger partial charge in [-0.3, -0.25) is 0 Å². The zero-order valence-electron chi connectivity index (χ0n) is 12.9. The molecule has 1 aromatic rings. The van der Waals surface area contributed by atoms with Gasteiger partial charge in [0.15, 0.2) is 0 Å². The Morgan fingerprint density at radius 3 is 2.40 bits per heavy atom. The van der Waals surface area contributed by atoms with Crippen LogP contribution in [-0.4, -0.2) is 19.2 Å². The van der Waals surface area contributed by atoms with Crippen molar-refractivity contribution < 1.29 is 4.74 Å². The molecule has 112 valence electrons. The van der Waals surface area contributed by atoms with Gasteiger partial charge in [0, 0.05) is 6.04 Å². The van der Waals surface area contributed by atoms with Crippen molar-refractivity contribution in [1.29, 1.82) is 0 Å². The first-order valence-corrected chi connectivity index (χ1v) is 8.33. The van der Waals surface area contributed by atoms with Gasteiger partial charge in [0.25, 0.3) is 0 Å². The summed E-state index contributed by atoms with van der Waals surface area (Å²) in [5.74, 6) is 0.997. The predicted octanol–water partition coefficient (Wildman–Crippen LogP) is 4.33. The maximum atomic E-state index is 5.78. The summed E-state index contributed by atoms with van der Waals surface area (Å²) in [7, 11) is 0. The zero-order valence-corrected chi connectivity index (χ0v) is 12.9. The second-order valence-electron chi connectivity index (χ2n) is 5.84. The van der Waals surface area contributed by atoms with Crippen LogP contribution in [0.5, 0.6) is 5.75 Å². The van der Waals surface area contributed by atoms with Gasteiger partial charge in [0.2, 0.25) is 0 Å². The lowest BCUT2D eigenvalue weighted by molar-refractivity contribution is 0.302. The van der Waals surface area contributed by atoms with Crippen molar-refractivity contribution in [2.75, 3.05) is 13.2 Å². The summed E-state index contributed by atoms with van der Waals surface area (Å²) in [5.41, 5.74) is 1.37. The van der Waals surface area contributed by atoms with Crippen LogP contribution in [0, 0.1) is 0 Å². The number of rotatable bonds is 7. The van der Waals surface area contributed by atoms with E-state index in [4.69, 9.17) is 4.74 Å². The molecule has 2 heteroatoms. The lowest BCUT2D eigenvalue weighted by atomic mass is 10.1. The third kappa shape index (κ3) is 5.54. The Hall–Kier alpha value is -1.02. The summed E-state index contributed by atoms with van der Waals surface area (Å²) in [6.45, 7) is 4.07. The summed E-state index contributed by atoms with van der Waals surface area (Å²) in [4.78, 5) is 0. The first-order chi connectivity index (χ1) is 9.88. The standard InChI is InChI=1S/C18H29NO/c1-2-16-10-12-18(13-11-16)20-15-7-14-19-17-8-5-3-4-6-9-17/h10-13,17,19H,2-9,14-15H2,1H3. The van der Waals surface area contributed by atoms with Crippen LogP contribution >= 0.6 is 0 Å². The molecular weight excluding hydrogens is 246 g/mol. The van der Waals surface area contributed by atoms with Crippen LogP contribution < -0.4 is 10.1 Å². The predicted molar refractivity (Wildman–Crippen MR) is 85.4 cm³/mol. The molecule has 0 radical (unpaired) electrons. The largest absolute Gasteiger partial charge is 0.494 e. The van der Waals surface area contributed by atoms with E-state index in [1.807, 2.05) is 0 Å². The molecule has 20 heavy (non-hydrogen) atoms. The fourth-order valence-electron chi connectivity index (χ4n) is 2.87. The summed E-state index contributed by atoms with van der Waals surface area (Å²) in [6.07, 6.45) is 10.6. The van der Waals surface area contributed by atoms with Crippen molar-refractivity contribution in [1.82, 2.24) is 5.32 Å². The molecule has 1 N–H and O–H groups in total. The Morgan fingerprint density at radius 2 is 1.75 bits per heavy atom. The Bertz CT molecular complexity index is 352. The van der Waals surface area contributed by atoms with Gasteiger partial charge in [-0.1, -0.05) is 44.7 Å². The highest BCUT2D eigenvalue weighted by molar-refractivity contribution is 5.27. The first-order valence-electron chi connectivity index (χ1n) is 8.33. The minimum absolute atomic E-state index is 0.751. The minimum atomic E-state index is 0.751. The van der Waals surface area contributed by atoms with Crippen molar-refractivity contribution in [3.63, 3.8) is 0 Å². The molecule has 0 aromatic heterocycles. The molecule has 0 spiro atoms. The van der Waals surface area contributed by atoms with Crippen LogP contribution in [0.1, 0.15) is 57.4 Å². The van der Waals surface area contributed by atoms with Crippen LogP contribution in [-0.2, 0) is 6.42 Å². The van der Waals surface area contributed by atoms with Gasteiger partial charge in [-0.05, 0) is 49.9 Å². The molecule has 1 aromatic carbocycles. The first kappa shape index (κ1) is 15.4. The number of aryl methyl sites for hydroxylation is 1. The van der Waals surface area contributed by atoms with E-state index < -0.39 is 0 Å². The second kappa shape index (κ2) is 9.02. The average molecular weight is 275 g/mol. The lowest BCUT2D eigenvalue weighted by Gasteiger charge is -2.16. The maximum Gasteiger partial charge on any atom is 0.119 e. The zero-order chi connectivity index (χ0) is 14.0. The topological polar surface area (TPSA) is 21.3 Å². The van der Waals surface area contributed by atoms with Crippen molar-refractivity contribution in [2.24, 2.45) is 0 Å². The van der Waals surface area contributed by atoms with Gasteiger partial charge in [0.1, 0.15) is 5.75 Å². The lowest BCUT2D eigenvalue weighted by Crippen LogP contribution is -2.30. The molecular formula is C18H29NO. The van der Waals surface area contributed by atoms with Crippen LogP contribution in [0.15, 0.2) is 24.3 Å². The molecule has 0 aliphatic heterocycles. The summed E-state index contributed by atoms with van der Waals surface area (Å²) < 4.78 is 5.78. The van der Waals surface area contributed by atoms with Crippen LogP contribution in [0.2, 0.25) is 0 Å². The molecule has 1 aliphatic carbocycles. The van der Waals surface area contributed by atoms with Gasteiger partial charge in [-0.15, -0.1) is 0 Å². The number of benzene rings is 1. The maximum absolute atomic E-state index is 5.78. The minimum Gasteiger partial charge on any atom is -0.494 e. The molecule has 0 atom stereocenters. The highest BCUT2D eigenvalue weighted by Gasteiger charge is 2.10. The number of ether oxygens (including phenoxy) is 1. The molecule has 2 rings (SSSR count). The summed E-state index contributed by atoms with van der Waals surface area (Å²) in [6, 6.07) is 9.22. The SMILES string of the molecule is CCc1ccc(OCCCNC2CCCCCC2)cc1. The summed E-state index contributed by atoms with van der Waals surface area (Å²) in [5, 5.41) is 3.69. The molecule has 0 amide bonds. The van der Waals surface area contributed by atoms with Crippen molar-refractivity contribution in [3.8, 4) is 5.75 Å². The molecule has 0 saturated heterocycles. The normalized spacial score (nSPS) is 16.9. The van der Waals surface area contributed by atoms with Crippen molar-refractivity contribution >= 4 is 0 Å². The summed E-state index contributed by atoms with van der Waals surface area (Å²) >= 11 is 0. The monoisotopic (exact) mass is 275 g/mol. The molecule has 1 fully saturated rings. The van der Waals surface area contributed by atoms with E-state index in [0.29, 0.717) is 0 Å². The molecule has 0 heterocycles. The average Bonchev–Trinajstić information content (AvgIpc) is 2.76. The van der Waals surface area contributed by atoms with Gasteiger partial charge in [-0.25, -0.2) is 0 Å². The van der Waals surface area contributed by atoms with Gasteiger partial charge in [0.05, 0.1) is 6.61 Å². The third-order valence-electron chi connectivity index (χ3n) is 4.21. The van der Waals surface area contributed by atoms with E-state index in [1.165, 1.54) is 44.1 Å². The quantitative estimate of drug-likeness (QED) is 0.590. The van der Waals surface area contributed by atoms with Crippen LogP contribution in [0.4, 0.5) is 0 Å². The second-order valence-corrected chi connectivity index (χ2v) is 5.84. The van der Waals surface area contributed by atoms with Crippen LogP contribution in [0.3, 0.4) is 0 Å². The fraction of sp³-hybridized carbons (Fsp3) is 0.667. The smallest absolute Gasteiger partial charge is 0.119 e. The number of nitrogens with one attached hydrogen (secondary N) is 1. The molecule has 0 bridgehead atoms. The highest BCUT2D eigenvalue weighted by atomic mass is 16.5. The van der Waals surface area contributed by atoms with E-state index in [1.54, 1.807) is 0 Å². The van der Waals surface area contributed by atoms with Crippen molar-refractivity contribution in [2.45, 2.75) is 64.3 Å². The molecule has 0 unspecified atom stereocenters. The van der Waals surface area contributed by atoms with Gasteiger partial charge in [-0.2, -0.15) is 0 Å². The Kier molecular flexibility index (Phi) is 6.93. The molecule has 1 aliphatic rings. The van der Waals surface area contributed by atoms with Crippen LogP contribution in [0.25, 0.3) is 0 Å². The Labute approximate surface area is 123 Å². The Balaban J connectivity index is 1.56. The molecule has 2 nitrogen and oxygen atoms in total. The highest BCUT2D eigenvalue weighted by Crippen LogP contribution is 2.17. The van der Waals surface area contributed by atoms with E-state index in [9.17, 15) is 0 Å². The number of hydrogen-bond donors (Lipinski definition) is 1. The number of hydrogen-bond acceptors (Lipinski definition) is 2. The Morgan fingerprint density at radius 1 is 1.05 bits per heavy atom. The van der Waals surface area contributed by atoms with Gasteiger partial charge >= 0.3 is 0 Å². The van der Waals surface area contributed by atoms with E-state index in [2.05, 4.69) is 36.5 Å². The van der Waals surface area contributed by atoms with Gasteiger partial charge < -0.3 is 10.1 Å². The van der Waals surface area contributed by atoms with Crippen molar-refractivity contribution in [3.05, 3.63) is 29.8 Å². The van der Waals surface area contributed by atoms with E-state index >= 15 is 0 Å². The fourth-order valence-corrected chi connectivity index (χ4v) is 2.87. The van der Waals surface area contributed by atoms with E-state index in [0.717, 1.165) is 37.8 Å².